The lowest BCUT2D eigenvalue weighted by molar-refractivity contribution is -0.145. The van der Waals surface area contributed by atoms with E-state index in [0.717, 1.165) is 12.8 Å². The third-order valence-electron chi connectivity index (χ3n) is 3.66. The van der Waals surface area contributed by atoms with E-state index in [9.17, 15) is 14.7 Å². The summed E-state index contributed by atoms with van der Waals surface area (Å²) in [7, 11) is 1.58. The molecular weight excluding hydrogens is 236 g/mol. The highest BCUT2D eigenvalue weighted by Gasteiger charge is 2.38. The fourth-order valence-corrected chi connectivity index (χ4v) is 2.29. The molecular formula is C12H22N2O4. The number of carbonyl (C=O) groups excluding carboxylic acids is 1. The first-order chi connectivity index (χ1) is 8.40. The number of aliphatic carboxylic acids is 1. The van der Waals surface area contributed by atoms with Gasteiger partial charge in [0.05, 0.1) is 12.6 Å². The Balaban J connectivity index is 2.84. The Morgan fingerprint density at radius 1 is 1.50 bits per heavy atom. The average molecular weight is 258 g/mol. The average Bonchev–Trinajstić information content (AvgIpc) is 2.35. The standard InChI is InChI=1S/C12H22N2O4/c1-8-5-4-6-14(10(8)11(16)17)12(18)13(3)9(2)7-15/h8-10,15H,4-7H2,1-3H3,(H,16,17). The Bertz CT molecular complexity index is 321. The molecule has 1 aliphatic heterocycles. The quantitative estimate of drug-likeness (QED) is 0.777. The van der Waals surface area contributed by atoms with Crippen molar-refractivity contribution in [3.63, 3.8) is 0 Å². The molecule has 1 aliphatic rings. The molecule has 0 radical (unpaired) electrons. The van der Waals surface area contributed by atoms with Crippen molar-refractivity contribution in [3.05, 3.63) is 0 Å². The number of likely N-dealkylation sites (N-methyl/N-ethyl adjacent to an activating group) is 1. The molecule has 6 heteroatoms. The van der Waals surface area contributed by atoms with Crippen molar-refractivity contribution in [2.45, 2.75) is 38.8 Å². The predicted octanol–water partition coefficient (Wildman–Crippen LogP) is 0.604. The Hall–Kier alpha value is -1.30. The SMILES string of the molecule is CC1CCCN(C(=O)N(C)C(C)CO)C1C(=O)O. The molecule has 0 saturated carbocycles. The molecule has 1 heterocycles. The van der Waals surface area contributed by atoms with Crippen molar-refractivity contribution in [1.29, 1.82) is 0 Å². The lowest BCUT2D eigenvalue weighted by Gasteiger charge is -2.40. The van der Waals surface area contributed by atoms with Crippen molar-refractivity contribution in [1.82, 2.24) is 9.80 Å². The van der Waals surface area contributed by atoms with E-state index in [1.54, 1.807) is 14.0 Å². The second-order valence-corrected chi connectivity index (χ2v) is 5.02. The summed E-state index contributed by atoms with van der Waals surface area (Å²) in [4.78, 5) is 26.3. The molecule has 0 aromatic heterocycles. The summed E-state index contributed by atoms with van der Waals surface area (Å²) in [6.45, 7) is 3.90. The van der Waals surface area contributed by atoms with Gasteiger partial charge < -0.3 is 20.0 Å². The number of piperidine rings is 1. The summed E-state index contributed by atoms with van der Waals surface area (Å²) in [6, 6.07) is -1.40. The van der Waals surface area contributed by atoms with Crippen LogP contribution in [0.25, 0.3) is 0 Å². The van der Waals surface area contributed by atoms with Gasteiger partial charge in [0.25, 0.3) is 0 Å². The molecule has 104 valence electrons. The molecule has 0 aliphatic carbocycles. The van der Waals surface area contributed by atoms with Gasteiger partial charge in [-0.1, -0.05) is 6.92 Å². The third-order valence-corrected chi connectivity index (χ3v) is 3.66. The number of carbonyl (C=O) groups is 2. The van der Waals surface area contributed by atoms with Gasteiger partial charge in [0.1, 0.15) is 6.04 Å². The molecule has 3 unspecified atom stereocenters. The van der Waals surface area contributed by atoms with Crippen molar-refractivity contribution in [2.24, 2.45) is 5.92 Å². The van der Waals surface area contributed by atoms with E-state index >= 15 is 0 Å². The predicted molar refractivity (Wildman–Crippen MR) is 66.2 cm³/mol. The molecule has 3 atom stereocenters. The Labute approximate surface area is 107 Å². The van der Waals surface area contributed by atoms with Crippen LogP contribution in [0, 0.1) is 5.92 Å². The van der Waals surface area contributed by atoms with Crippen LogP contribution >= 0.6 is 0 Å². The van der Waals surface area contributed by atoms with Crippen molar-refractivity contribution >= 4 is 12.0 Å². The maximum Gasteiger partial charge on any atom is 0.326 e. The zero-order valence-corrected chi connectivity index (χ0v) is 11.2. The van der Waals surface area contributed by atoms with Gasteiger partial charge in [-0.15, -0.1) is 0 Å². The van der Waals surface area contributed by atoms with E-state index in [2.05, 4.69) is 0 Å². The summed E-state index contributed by atoms with van der Waals surface area (Å²) in [5.41, 5.74) is 0. The zero-order chi connectivity index (χ0) is 13.9. The zero-order valence-electron chi connectivity index (χ0n) is 11.2. The van der Waals surface area contributed by atoms with Crippen molar-refractivity contribution in [2.75, 3.05) is 20.2 Å². The second-order valence-electron chi connectivity index (χ2n) is 5.02. The number of hydrogen-bond donors (Lipinski definition) is 2. The monoisotopic (exact) mass is 258 g/mol. The summed E-state index contributed by atoms with van der Waals surface area (Å²) < 4.78 is 0. The number of carboxylic acid groups (broad SMARTS) is 1. The molecule has 18 heavy (non-hydrogen) atoms. The number of hydrogen-bond acceptors (Lipinski definition) is 3. The molecule has 2 amide bonds. The molecule has 6 nitrogen and oxygen atoms in total. The molecule has 2 N–H and O–H groups in total. The maximum atomic E-state index is 12.2. The highest BCUT2D eigenvalue weighted by atomic mass is 16.4. The Morgan fingerprint density at radius 2 is 2.11 bits per heavy atom. The third kappa shape index (κ3) is 2.93. The van der Waals surface area contributed by atoms with Crippen LogP contribution in [0.1, 0.15) is 26.7 Å². The minimum atomic E-state index is -0.958. The summed E-state index contributed by atoms with van der Waals surface area (Å²) in [6.07, 6.45) is 1.64. The van der Waals surface area contributed by atoms with Gasteiger partial charge in [0.15, 0.2) is 0 Å². The van der Waals surface area contributed by atoms with E-state index in [4.69, 9.17) is 5.11 Å². The number of likely N-dealkylation sites (tertiary alicyclic amines) is 1. The van der Waals surface area contributed by atoms with Gasteiger partial charge in [-0.25, -0.2) is 9.59 Å². The van der Waals surface area contributed by atoms with Gasteiger partial charge in [-0.2, -0.15) is 0 Å². The number of aliphatic hydroxyl groups is 1. The van der Waals surface area contributed by atoms with Crippen LogP contribution in [-0.2, 0) is 4.79 Å². The van der Waals surface area contributed by atoms with Gasteiger partial charge in [-0.05, 0) is 25.7 Å². The number of aliphatic hydroxyl groups excluding tert-OH is 1. The second kappa shape index (κ2) is 6.04. The number of carboxylic acids is 1. The van der Waals surface area contributed by atoms with E-state index in [0.29, 0.717) is 6.54 Å². The first-order valence-corrected chi connectivity index (χ1v) is 6.27. The summed E-state index contributed by atoms with van der Waals surface area (Å²) in [5.74, 6) is -1.00. The lowest BCUT2D eigenvalue weighted by atomic mass is 9.91. The van der Waals surface area contributed by atoms with Gasteiger partial charge in [0, 0.05) is 13.6 Å². The first kappa shape index (κ1) is 14.8. The molecule has 1 rings (SSSR count). The van der Waals surface area contributed by atoms with Crippen molar-refractivity contribution in [3.8, 4) is 0 Å². The van der Waals surface area contributed by atoms with Gasteiger partial charge in [-0.3, -0.25) is 0 Å². The molecule has 1 saturated heterocycles. The minimum Gasteiger partial charge on any atom is -0.480 e. The molecule has 0 spiro atoms. The summed E-state index contributed by atoms with van der Waals surface area (Å²) >= 11 is 0. The summed E-state index contributed by atoms with van der Waals surface area (Å²) in [5, 5.41) is 18.3. The molecule has 1 fully saturated rings. The van der Waals surface area contributed by atoms with E-state index in [1.165, 1.54) is 9.80 Å². The topological polar surface area (TPSA) is 81.1 Å². The number of amides is 2. The van der Waals surface area contributed by atoms with Crippen LogP contribution in [0.3, 0.4) is 0 Å². The minimum absolute atomic E-state index is 0.0435. The number of urea groups is 1. The van der Waals surface area contributed by atoms with Gasteiger partial charge in [0.2, 0.25) is 0 Å². The Kier molecular flexibility index (Phi) is 4.95. The molecule has 0 aromatic rings. The van der Waals surface area contributed by atoms with E-state index in [1.807, 2.05) is 6.92 Å². The van der Waals surface area contributed by atoms with Crippen LogP contribution < -0.4 is 0 Å². The first-order valence-electron chi connectivity index (χ1n) is 6.27. The van der Waals surface area contributed by atoms with Crippen LogP contribution in [0.15, 0.2) is 0 Å². The highest BCUT2D eigenvalue weighted by molar-refractivity contribution is 5.83. The molecule has 0 bridgehead atoms. The van der Waals surface area contributed by atoms with Gasteiger partial charge >= 0.3 is 12.0 Å². The number of nitrogens with zero attached hydrogens (tertiary/aromatic N) is 2. The normalized spacial score (nSPS) is 25.7. The lowest BCUT2D eigenvalue weighted by Crippen LogP contribution is -2.56. The largest absolute Gasteiger partial charge is 0.480 e. The fourth-order valence-electron chi connectivity index (χ4n) is 2.29. The van der Waals surface area contributed by atoms with Crippen LogP contribution in [0.5, 0.6) is 0 Å². The molecule has 0 aromatic carbocycles. The van der Waals surface area contributed by atoms with E-state index < -0.39 is 12.0 Å². The maximum absolute atomic E-state index is 12.2. The van der Waals surface area contributed by atoms with Crippen LogP contribution in [0.4, 0.5) is 4.79 Å². The van der Waals surface area contributed by atoms with Crippen LogP contribution in [-0.4, -0.2) is 64.3 Å². The number of rotatable bonds is 3. The highest BCUT2D eigenvalue weighted by Crippen LogP contribution is 2.24. The van der Waals surface area contributed by atoms with Crippen molar-refractivity contribution < 1.29 is 19.8 Å². The Morgan fingerprint density at radius 3 is 2.61 bits per heavy atom. The van der Waals surface area contributed by atoms with E-state index in [-0.39, 0.29) is 24.6 Å². The fraction of sp³-hybridized carbons (Fsp3) is 0.833. The smallest absolute Gasteiger partial charge is 0.326 e. The van der Waals surface area contributed by atoms with Crippen LogP contribution in [0.2, 0.25) is 0 Å².